The van der Waals surface area contributed by atoms with Crippen LogP contribution in [0.2, 0.25) is 0 Å². The van der Waals surface area contributed by atoms with Gasteiger partial charge in [0.05, 0.1) is 7.11 Å². The zero-order chi connectivity index (χ0) is 19.7. The van der Waals surface area contributed by atoms with Gasteiger partial charge in [0.1, 0.15) is 0 Å². The van der Waals surface area contributed by atoms with Crippen molar-refractivity contribution in [3.63, 3.8) is 0 Å². The Morgan fingerprint density at radius 2 is 1.93 bits per heavy atom. The molecule has 1 amide bonds. The van der Waals surface area contributed by atoms with Gasteiger partial charge >= 0.3 is 6.09 Å². The van der Waals surface area contributed by atoms with Crippen LogP contribution < -0.4 is 0 Å². The Morgan fingerprint density at radius 3 is 2.61 bits per heavy atom. The molecule has 160 valence electrons. The molecule has 7 heteroatoms. The lowest BCUT2D eigenvalue weighted by Gasteiger charge is -2.52. The Labute approximate surface area is 168 Å². The summed E-state index contributed by atoms with van der Waals surface area (Å²) in [5, 5.41) is 10.1. The third kappa shape index (κ3) is 3.91. The van der Waals surface area contributed by atoms with Crippen molar-refractivity contribution in [3.8, 4) is 0 Å². The van der Waals surface area contributed by atoms with Crippen LogP contribution in [0.25, 0.3) is 0 Å². The molecule has 0 aromatic rings. The van der Waals surface area contributed by atoms with Crippen LogP contribution >= 0.6 is 0 Å². The lowest BCUT2D eigenvalue weighted by molar-refractivity contribution is -0.188. The second-order valence-electron chi connectivity index (χ2n) is 9.31. The second-order valence-corrected chi connectivity index (χ2v) is 9.31. The van der Waals surface area contributed by atoms with Crippen LogP contribution in [0.5, 0.6) is 0 Å². The smallest absolute Gasteiger partial charge is 0.409 e. The molecule has 4 rings (SSSR count). The van der Waals surface area contributed by atoms with E-state index in [1.54, 1.807) is 0 Å². The van der Waals surface area contributed by atoms with Crippen molar-refractivity contribution in [2.24, 2.45) is 11.3 Å². The molecule has 4 fully saturated rings. The molecule has 1 N–H and O–H groups in total. The van der Waals surface area contributed by atoms with Crippen LogP contribution in [-0.2, 0) is 9.47 Å². The van der Waals surface area contributed by atoms with Crippen molar-refractivity contribution in [2.45, 2.75) is 70.4 Å². The molecule has 0 aromatic carbocycles. The summed E-state index contributed by atoms with van der Waals surface area (Å²) < 4.78 is 10.3. The minimum Gasteiger partial charge on any atom is -0.453 e. The van der Waals surface area contributed by atoms with Crippen molar-refractivity contribution < 1.29 is 19.4 Å². The van der Waals surface area contributed by atoms with E-state index in [-0.39, 0.29) is 6.09 Å². The number of ether oxygens (including phenoxy) is 2. The summed E-state index contributed by atoms with van der Waals surface area (Å²) in [6, 6.07) is 1.08. The van der Waals surface area contributed by atoms with Gasteiger partial charge in [-0.2, -0.15) is 0 Å². The number of likely N-dealkylation sites (tertiary alicyclic amines) is 3. The monoisotopic (exact) mass is 395 g/mol. The van der Waals surface area contributed by atoms with E-state index in [0.717, 1.165) is 45.6 Å². The van der Waals surface area contributed by atoms with Crippen LogP contribution in [-0.4, -0.2) is 90.8 Å². The molecule has 1 spiro atoms. The Morgan fingerprint density at radius 1 is 1.18 bits per heavy atom. The Balaban J connectivity index is 1.22. The second kappa shape index (κ2) is 8.46. The van der Waals surface area contributed by atoms with E-state index < -0.39 is 6.41 Å². The minimum absolute atomic E-state index is 0.147. The van der Waals surface area contributed by atoms with Crippen molar-refractivity contribution in [1.82, 2.24) is 14.7 Å². The first-order chi connectivity index (χ1) is 13.5. The zero-order valence-corrected chi connectivity index (χ0v) is 17.5. The molecular formula is C21H37N3O4. The summed E-state index contributed by atoms with van der Waals surface area (Å²) in [5.41, 5.74) is 0.396. The fraction of sp³-hybridized carbons (Fsp3) is 0.952. The molecule has 7 nitrogen and oxygen atoms in total. The van der Waals surface area contributed by atoms with Gasteiger partial charge in [-0.05, 0) is 76.3 Å². The fourth-order valence-corrected chi connectivity index (χ4v) is 6.24. The van der Waals surface area contributed by atoms with Gasteiger partial charge in [0, 0.05) is 38.3 Å². The van der Waals surface area contributed by atoms with E-state index >= 15 is 0 Å². The number of hydrogen-bond donors (Lipinski definition) is 1. The molecule has 4 aliphatic rings. The molecule has 1 unspecified atom stereocenters. The molecule has 1 saturated carbocycles. The van der Waals surface area contributed by atoms with Crippen LogP contribution in [0, 0.1) is 11.3 Å². The summed E-state index contributed by atoms with van der Waals surface area (Å²) in [4.78, 5) is 18.8. The largest absolute Gasteiger partial charge is 0.453 e. The van der Waals surface area contributed by atoms with Gasteiger partial charge < -0.3 is 24.4 Å². The topological polar surface area (TPSA) is 65.5 Å². The van der Waals surface area contributed by atoms with Crippen LogP contribution in [0.15, 0.2) is 0 Å². The quantitative estimate of drug-likeness (QED) is 0.719. The highest BCUT2D eigenvalue weighted by atomic mass is 16.6. The first-order valence-corrected chi connectivity index (χ1v) is 11.2. The lowest BCUT2D eigenvalue weighted by atomic mass is 9.64. The van der Waals surface area contributed by atoms with E-state index in [1.807, 2.05) is 11.8 Å². The predicted octanol–water partition coefficient (Wildman–Crippen LogP) is 2.10. The van der Waals surface area contributed by atoms with Gasteiger partial charge in [-0.3, -0.25) is 4.90 Å². The van der Waals surface area contributed by atoms with Crippen molar-refractivity contribution in [1.29, 1.82) is 0 Å². The van der Waals surface area contributed by atoms with Gasteiger partial charge in [0.15, 0.2) is 0 Å². The van der Waals surface area contributed by atoms with Gasteiger partial charge in [0.25, 0.3) is 0 Å². The van der Waals surface area contributed by atoms with Crippen molar-refractivity contribution >= 4 is 6.09 Å². The highest BCUT2D eigenvalue weighted by Crippen LogP contribution is 2.51. The highest BCUT2D eigenvalue weighted by Gasteiger charge is 2.51. The summed E-state index contributed by atoms with van der Waals surface area (Å²) in [5.74, 6) is 0.621. The fourth-order valence-electron chi connectivity index (χ4n) is 6.24. The predicted molar refractivity (Wildman–Crippen MR) is 106 cm³/mol. The van der Waals surface area contributed by atoms with Gasteiger partial charge in [-0.1, -0.05) is 0 Å². The average Bonchev–Trinajstić information content (AvgIpc) is 3.34. The molecular weight excluding hydrogens is 358 g/mol. The maximum Gasteiger partial charge on any atom is 0.409 e. The molecule has 0 bridgehead atoms. The number of carbonyl (C=O) groups is 1. The Kier molecular flexibility index (Phi) is 6.16. The first kappa shape index (κ1) is 20.4. The van der Waals surface area contributed by atoms with Crippen molar-refractivity contribution in [3.05, 3.63) is 0 Å². The van der Waals surface area contributed by atoms with E-state index in [4.69, 9.17) is 9.47 Å². The molecule has 28 heavy (non-hydrogen) atoms. The van der Waals surface area contributed by atoms with Gasteiger partial charge in [-0.15, -0.1) is 0 Å². The van der Waals surface area contributed by atoms with Gasteiger partial charge in [0.2, 0.25) is 6.41 Å². The summed E-state index contributed by atoms with van der Waals surface area (Å²) in [6.07, 6.45) is 7.43. The number of hydrogen-bond acceptors (Lipinski definition) is 6. The molecule has 1 aliphatic carbocycles. The number of nitrogens with zero attached hydrogens (tertiary/aromatic N) is 3. The molecule has 0 aromatic heterocycles. The van der Waals surface area contributed by atoms with Crippen LogP contribution in [0.3, 0.4) is 0 Å². The summed E-state index contributed by atoms with van der Waals surface area (Å²) in [6.45, 7) is 7.56. The normalized spacial score (nSPS) is 36.0. The molecule has 3 aliphatic heterocycles. The number of aliphatic hydroxyl groups excluding tert-OH is 1. The molecule has 3 saturated heterocycles. The summed E-state index contributed by atoms with van der Waals surface area (Å²) in [7, 11) is 1.49. The number of piperidine rings is 1. The number of methoxy groups -OCH3 is 1. The first-order valence-electron chi connectivity index (χ1n) is 11.2. The molecule has 3 heterocycles. The lowest BCUT2D eigenvalue weighted by Crippen LogP contribution is -2.55. The number of aliphatic hydroxyl groups is 1. The Bertz CT molecular complexity index is 546. The third-order valence-electron chi connectivity index (χ3n) is 7.78. The zero-order valence-electron chi connectivity index (χ0n) is 17.5. The maximum atomic E-state index is 12.0. The van der Waals surface area contributed by atoms with E-state index in [1.165, 1.54) is 39.2 Å². The Hall–Kier alpha value is -0.890. The van der Waals surface area contributed by atoms with Crippen LogP contribution in [0.4, 0.5) is 4.79 Å². The van der Waals surface area contributed by atoms with E-state index in [9.17, 15) is 9.90 Å². The SMILES string of the molecule is CCOC(O)N1CCC2(CC(N3CCC([C@H]4CCCN4C(=O)OC)CC3)C2)C1. The number of rotatable bonds is 5. The van der Waals surface area contributed by atoms with E-state index in [0.29, 0.717) is 30.0 Å². The average molecular weight is 396 g/mol. The maximum absolute atomic E-state index is 12.0. The van der Waals surface area contributed by atoms with Crippen LogP contribution in [0.1, 0.15) is 51.9 Å². The number of amides is 1. The minimum atomic E-state index is -0.733. The highest BCUT2D eigenvalue weighted by molar-refractivity contribution is 5.68. The van der Waals surface area contributed by atoms with Crippen molar-refractivity contribution in [2.75, 3.05) is 46.4 Å². The number of carbonyl (C=O) groups excluding carboxylic acids is 1. The molecule has 2 atom stereocenters. The molecule has 0 radical (unpaired) electrons. The standard InChI is InChI=1S/C21H37N3O4/c1-3-28-19(25)23-12-8-21(15-23)13-17(14-21)22-10-6-16(7-11-22)18-5-4-9-24(18)20(26)27-2/h16-19,25H,3-15H2,1-2H3/t17?,18-,19?,21?/m1/s1. The van der Waals surface area contributed by atoms with Gasteiger partial charge in [-0.25, -0.2) is 4.79 Å². The van der Waals surface area contributed by atoms with E-state index in [2.05, 4.69) is 9.80 Å². The summed E-state index contributed by atoms with van der Waals surface area (Å²) >= 11 is 0. The third-order valence-corrected chi connectivity index (χ3v) is 7.78.